The second-order valence-corrected chi connectivity index (χ2v) is 5.24. The standard InChI is InChI=1S/C14H17FN2O/c15-10-3-1-2-9(6-10)8-16-14(18)12-7-11-4-5-13(12)17-11/h1-3,6,11-13,17H,4-5,7-8H2,(H,16,18). The number of nitrogens with one attached hydrogen (secondary N) is 2. The van der Waals surface area contributed by atoms with Gasteiger partial charge in [0.15, 0.2) is 0 Å². The van der Waals surface area contributed by atoms with Gasteiger partial charge in [0, 0.05) is 18.6 Å². The van der Waals surface area contributed by atoms with Crippen LogP contribution in [-0.2, 0) is 11.3 Å². The van der Waals surface area contributed by atoms with Crippen LogP contribution in [0.3, 0.4) is 0 Å². The zero-order valence-electron chi connectivity index (χ0n) is 10.2. The van der Waals surface area contributed by atoms with E-state index in [1.807, 2.05) is 6.07 Å². The van der Waals surface area contributed by atoms with Gasteiger partial charge in [0.25, 0.3) is 0 Å². The number of rotatable bonds is 3. The van der Waals surface area contributed by atoms with Crippen molar-refractivity contribution in [1.82, 2.24) is 10.6 Å². The number of hydrogen-bond donors (Lipinski definition) is 2. The number of fused-ring (bicyclic) bond motifs is 2. The highest BCUT2D eigenvalue weighted by Crippen LogP contribution is 2.33. The normalized spacial score (nSPS) is 29.5. The Morgan fingerprint density at radius 2 is 2.33 bits per heavy atom. The van der Waals surface area contributed by atoms with Gasteiger partial charge in [-0.1, -0.05) is 12.1 Å². The van der Waals surface area contributed by atoms with E-state index in [-0.39, 0.29) is 17.6 Å². The third-order valence-corrected chi connectivity index (χ3v) is 3.99. The molecule has 96 valence electrons. The quantitative estimate of drug-likeness (QED) is 0.852. The minimum absolute atomic E-state index is 0.0947. The molecular weight excluding hydrogens is 231 g/mol. The maximum atomic E-state index is 13.0. The lowest BCUT2D eigenvalue weighted by atomic mass is 9.88. The van der Waals surface area contributed by atoms with Gasteiger partial charge in [-0.05, 0) is 37.0 Å². The summed E-state index contributed by atoms with van der Waals surface area (Å²) in [6.07, 6.45) is 3.24. The molecule has 3 rings (SSSR count). The van der Waals surface area contributed by atoms with Gasteiger partial charge >= 0.3 is 0 Å². The summed E-state index contributed by atoms with van der Waals surface area (Å²) in [7, 11) is 0. The number of hydrogen-bond acceptors (Lipinski definition) is 2. The Morgan fingerprint density at radius 3 is 3.00 bits per heavy atom. The van der Waals surface area contributed by atoms with Crippen LogP contribution in [0.1, 0.15) is 24.8 Å². The van der Waals surface area contributed by atoms with E-state index >= 15 is 0 Å². The monoisotopic (exact) mass is 248 g/mol. The summed E-state index contributed by atoms with van der Waals surface area (Å²) in [5.41, 5.74) is 0.805. The molecule has 4 heteroatoms. The first-order chi connectivity index (χ1) is 8.72. The molecule has 1 amide bonds. The fraction of sp³-hybridized carbons (Fsp3) is 0.500. The van der Waals surface area contributed by atoms with Crippen LogP contribution >= 0.6 is 0 Å². The van der Waals surface area contributed by atoms with Crippen molar-refractivity contribution in [3.8, 4) is 0 Å². The van der Waals surface area contributed by atoms with Crippen molar-refractivity contribution in [3.63, 3.8) is 0 Å². The minimum Gasteiger partial charge on any atom is -0.352 e. The Hall–Kier alpha value is -1.42. The lowest BCUT2D eigenvalue weighted by Gasteiger charge is -2.19. The molecule has 0 aliphatic carbocycles. The average Bonchev–Trinajstić information content (AvgIpc) is 2.98. The number of carbonyl (C=O) groups excluding carboxylic acids is 1. The van der Waals surface area contributed by atoms with Gasteiger partial charge in [-0.15, -0.1) is 0 Å². The summed E-state index contributed by atoms with van der Waals surface area (Å²) in [5, 5.41) is 6.35. The molecule has 2 aliphatic rings. The third kappa shape index (κ3) is 2.25. The van der Waals surface area contributed by atoms with Crippen LogP contribution in [0, 0.1) is 11.7 Å². The van der Waals surface area contributed by atoms with Gasteiger partial charge in [-0.3, -0.25) is 4.79 Å². The molecule has 18 heavy (non-hydrogen) atoms. The zero-order valence-corrected chi connectivity index (χ0v) is 10.2. The molecule has 0 saturated carbocycles. The van der Waals surface area contributed by atoms with Gasteiger partial charge in [-0.2, -0.15) is 0 Å². The van der Waals surface area contributed by atoms with E-state index in [2.05, 4.69) is 10.6 Å². The molecule has 0 radical (unpaired) electrons. The first kappa shape index (κ1) is 11.7. The van der Waals surface area contributed by atoms with Crippen molar-refractivity contribution in [3.05, 3.63) is 35.6 Å². The maximum absolute atomic E-state index is 13.0. The Balaban J connectivity index is 1.56. The van der Waals surface area contributed by atoms with E-state index < -0.39 is 0 Å². The SMILES string of the molecule is O=C(NCc1cccc(F)c1)C1CC2CCC1N2. The van der Waals surface area contributed by atoms with Crippen molar-refractivity contribution in [1.29, 1.82) is 0 Å². The largest absolute Gasteiger partial charge is 0.352 e. The summed E-state index contributed by atoms with van der Waals surface area (Å²) in [6, 6.07) is 7.23. The molecule has 3 nitrogen and oxygen atoms in total. The molecule has 2 saturated heterocycles. The molecule has 3 unspecified atom stereocenters. The predicted octanol–water partition coefficient (Wildman–Crippen LogP) is 1.58. The van der Waals surface area contributed by atoms with E-state index in [0.717, 1.165) is 18.4 Å². The van der Waals surface area contributed by atoms with Crippen LogP contribution in [0.4, 0.5) is 4.39 Å². The van der Waals surface area contributed by atoms with E-state index in [1.165, 1.54) is 18.6 Å². The van der Waals surface area contributed by atoms with Crippen LogP contribution in [0.15, 0.2) is 24.3 Å². The van der Waals surface area contributed by atoms with E-state index in [4.69, 9.17) is 0 Å². The Bertz CT molecular complexity index is 463. The molecule has 0 spiro atoms. The number of halogens is 1. The van der Waals surface area contributed by atoms with E-state index in [1.54, 1.807) is 6.07 Å². The molecule has 3 atom stereocenters. The van der Waals surface area contributed by atoms with Crippen LogP contribution in [0.2, 0.25) is 0 Å². The summed E-state index contributed by atoms with van der Waals surface area (Å²) in [6.45, 7) is 0.407. The molecule has 2 bridgehead atoms. The van der Waals surface area contributed by atoms with Crippen LogP contribution in [-0.4, -0.2) is 18.0 Å². The van der Waals surface area contributed by atoms with E-state index in [9.17, 15) is 9.18 Å². The fourth-order valence-corrected chi connectivity index (χ4v) is 3.08. The molecule has 2 fully saturated rings. The van der Waals surface area contributed by atoms with Gasteiger partial charge in [0.05, 0.1) is 5.92 Å². The first-order valence-electron chi connectivity index (χ1n) is 6.50. The summed E-state index contributed by atoms with van der Waals surface area (Å²) in [5.74, 6) is -0.0698. The number of amides is 1. The van der Waals surface area contributed by atoms with Crippen molar-refractivity contribution < 1.29 is 9.18 Å². The highest BCUT2D eigenvalue weighted by Gasteiger charge is 2.42. The Labute approximate surface area is 106 Å². The maximum Gasteiger partial charge on any atom is 0.225 e. The zero-order chi connectivity index (χ0) is 12.5. The Kier molecular flexibility index (Phi) is 3.04. The van der Waals surface area contributed by atoms with Gasteiger partial charge in [0.1, 0.15) is 5.82 Å². The first-order valence-corrected chi connectivity index (χ1v) is 6.50. The molecular formula is C14H17FN2O. The fourth-order valence-electron chi connectivity index (χ4n) is 3.08. The van der Waals surface area contributed by atoms with Crippen molar-refractivity contribution in [2.24, 2.45) is 5.92 Å². The highest BCUT2D eigenvalue weighted by molar-refractivity contribution is 5.80. The van der Waals surface area contributed by atoms with Crippen molar-refractivity contribution in [2.45, 2.75) is 37.9 Å². The van der Waals surface area contributed by atoms with Crippen LogP contribution in [0.5, 0.6) is 0 Å². The topological polar surface area (TPSA) is 41.1 Å². The number of carbonyl (C=O) groups is 1. The van der Waals surface area contributed by atoms with Crippen molar-refractivity contribution in [2.75, 3.05) is 0 Å². The minimum atomic E-state index is -0.261. The molecule has 1 aromatic carbocycles. The second kappa shape index (κ2) is 4.69. The summed E-state index contributed by atoms with van der Waals surface area (Å²) < 4.78 is 13.0. The molecule has 0 aromatic heterocycles. The Morgan fingerprint density at radius 1 is 1.44 bits per heavy atom. The number of benzene rings is 1. The predicted molar refractivity (Wildman–Crippen MR) is 66.3 cm³/mol. The van der Waals surface area contributed by atoms with Gasteiger partial charge in [-0.25, -0.2) is 4.39 Å². The summed E-state index contributed by atoms with van der Waals surface area (Å²) >= 11 is 0. The van der Waals surface area contributed by atoms with Crippen LogP contribution in [0.25, 0.3) is 0 Å². The second-order valence-electron chi connectivity index (χ2n) is 5.24. The van der Waals surface area contributed by atoms with Crippen molar-refractivity contribution >= 4 is 5.91 Å². The molecule has 2 N–H and O–H groups in total. The van der Waals surface area contributed by atoms with Crippen LogP contribution < -0.4 is 10.6 Å². The summed E-state index contributed by atoms with van der Waals surface area (Å²) in [4.78, 5) is 12.0. The average molecular weight is 248 g/mol. The lowest BCUT2D eigenvalue weighted by Crippen LogP contribution is -2.37. The molecule has 2 aliphatic heterocycles. The van der Waals surface area contributed by atoms with Gasteiger partial charge in [0.2, 0.25) is 5.91 Å². The smallest absolute Gasteiger partial charge is 0.225 e. The third-order valence-electron chi connectivity index (χ3n) is 3.99. The highest BCUT2D eigenvalue weighted by atomic mass is 19.1. The molecule has 2 heterocycles. The lowest BCUT2D eigenvalue weighted by molar-refractivity contribution is -0.125. The van der Waals surface area contributed by atoms with Gasteiger partial charge < -0.3 is 10.6 Å². The molecule has 1 aromatic rings. The van der Waals surface area contributed by atoms with E-state index in [0.29, 0.717) is 18.6 Å².